The van der Waals surface area contributed by atoms with Gasteiger partial charge in [0.25, 0.3) is 0 Å². The number of nitrogens with two attached hydrogens (primary N) is 1. The van der Waals surface area contributed by atoms with Crippen molar-refractivity contribution in [3.8, 4) is 0 Å². The number of hydrogen-bond acceptors (Lipinski definition) is 3. The van der Waals surface area contributed by atoms with Gasteiger partial charge in [-0.15, -0.1) is 0 Å². The maximum atomic E-state index is 11.5. The van der Waals surface area contributed by atoms with Crippen molar-refractivity contribution in [2.24, 2.45) is 17.1 Å². The molecular formula is C19H36N2O. The van der Waals surface area contributed by atoms with E-state index in [0.717, 1.165) is 25.8 Å². The molecular weight excluding hydrogens is 272 g/mol. The lowest BCUT2D eigenvalue weighted by Gasteiger charge is -2.63. The Morgan fingerprint density at radius 3 is 2.18 bits per heavy atom. The highest BCUT2D eigenvalue weighted by atomic mass is 16.1. The van der Waals surface area contributed by atoms with Gasteiger partial charge in [-0.1, -0.05) is 58.8 Å². The van der Waals surface area contributed by atoms with Crippen LogP contribution in [-0.4, -0.2) is 24.4 Å². The van der Waals surface area contributed by atoms with Crippen molar-refractivity contribution in [1.29, 1.82) is 0 Å². The van der Waals surface area contributed by atoms with Gasteiger partial charge in [0.15, 0.2) is 0 Å². The summed E-state index contributed by atoms with van der Waals surface area (Å²) in [5.41, 5.74) is 6.45. The molecule has 0 amide bonds. The van der Waals surface area contributed by atoms with Crippen LogP contribution in [0.15, 0.2) is 0 Å². The Kier molecular flexibility index (Phi) is 6.46. The molecule has 2 fully saturated rings. The predicted octanol–water partition coefficient (Wildman–Crippen LogP) is 3.80. The van der Waals surface area contributed by atoms with Crippen molar-refractivity contribution in [1.82, 2.24) is 5.32 Å². The average Bonchev–Trinajstić information content (AvgIpc) is 2.49. The van der Waals surface area contributed by atoms with Crippen LogP contribution >= 0.6 is 0 Å². The Morgan fingerprint density at radius 2 is 1.68 bits per heavy atom. The lowest BCUT2D eigenvalue weighted by molar-refractivity contribution is -0.160. The molecule has 3 N–H and O–H groups in total. The zero-order chi connectivity index (χ0) is 16.1. The highest BCUT2D eigenvalue weighted by molar-refractivity contribution is 5.89. The number of Topliss-reactive ketones (excluding diaryl/α,β-unsaturated/α-hetero) is 1. The molecule has 3 heteroatoms. The number of carbonyl (C=O) groups is 1. The first-order valence-electron chi connectivity index (χ1n) is 9.55. The van der Waals surface area contributed by atoms with E-state index in [1.54, 1.807) is 0 Å². The van der Waals surface area contributed by atoms with Crippen LogP contribution in [0, 0.1) is 11.3 Å². The SMILES string of the molecule is CCCCCCCCCCNC1(CN)CC2(CC(=O)C2C)C1. The van der Waals surface area contributed by atoms with E-state index in [1.165, 1.54) is 51.4 Å². The fraction of sp³-hybridized carbons (Fsp3) is 0.947. The van der Waals surface area contributed by atoms with Gasteiger partial charge >= 0.3 is 0 Å². The molecule has 0 aromatic carbocycles. The van der Waals surface area contributed by atoms with Crippen LogP contribution in [0.25, 0.3) is 0 Å². The summed E-state index contributed by atoms with van der Waals surface area (Å²) >= 11 is 0. The van der Waals surface area contributed by atoms with Crippen molar-refractivity contribution >= 4 is 5.78 Å². The summed E-state index contributed by atoms with van der Waals surface area (Å²) in [6, 6.07) is 0. The lowest BCUT2D eigenvalue weighted by atomic mass is 9.43. The first-order valence-corrected chi connectivity index (χ1v) is 9.55. The smallest absolute Gasteiger partial charge is 0.136 e. The Morgan fingerprint density at radius 1 is 1.09 bits per heavy atom. The van der Waals surface area contributed by atoms with Crippen LogP contribution < -0.4 is 11.1 Å². The number of rotatable bonds is 11. The van der Waals surface area contributed by atoms with Gasteiger partial charge in [0, 0.05) is 24.4 Å². The van der Waals surface area contributed by atoms with Crippen LogP contribution in [0.5, 0.6) is 0 Å². The molecule has 128 valence electrons. The Balaban J connectivity index is 1.52. The first-order chi connectivity index (χ1) is 10.6. The van der Waals surface area contributed by atoms with Gasteiger partial charge in [-0.25, -0.2) is 0 Å². The summed E-state index contributed by atoms with van der Waals surface area (Å²) < 4.78 is 0. The molecule has 0 saturated heterocycles. The first kappa shape index (κ1) is 17.9. The van der Waals surface area contributed by atoms with E-state index in [1.807, 2.05) is 0 Å². The van der Waals surface area contributed by atoms with Crippen LogP contribution in [0.3, 0.4) is 0 Å². The third-order valence-electron chi connectivity index (χ3n) is 6.23. The third kappa shape index (κ3) is 3.91. The van der Waals surface area contributed by atoms with Gasteiger partial charge in [-0.2, -0.15) is 0 Å². The standard InChI is InChI=1S/C19H36N2O/c1-3-4-5-6-7-8-9-10-11-21-19(15-20)13-18(14-19)12-17(22)16(18)2/h16,21H,3-15,20H2,1-2H3. The molecule has 0 heterocycles. The number of carbonyl (C=O) groups excluding carboxylic acids is 1. The molecule has 1 atom stereocenters. The molecule has 22 heavy (non-hydrogen) atoms. The van der Waals surface area contributed by atoms with Gasteiger partial charge in [0.1, 0.15) is 5.78 Å². The van der Waals surface area contributed by atoms with Crippen LogP contribution in [-0.2, 0) is 4.79 Å². The number of ketones is 1. The molecule has 1 unspecified atom stereocenters. The van der Waals surface area contributed by atoms with E-state index in [2.05, 4.69) is 19.2 Å². The molecule has 2 aliphatic carbocycles. The summed E-state index contributed by atoms with van der Waals surface area (Å²) in [5.74, 6) is 0.728. The summed E-state index contributed by atoms with van der Waals surface area (Å²) in [4.78, 5) is 11.5. The molecule has 0 aliphatic heterocycles. The molecule has 2 rings (SSSR count). The number of unbranched alkanes of at least 4 members (excludes halogenated alkanes) is 7. The van der Waals surface area contributed by atoms with Gasteiger partial charge in [0.2, 0.25) is 0 Å². The van der Waals surface area contributed by atoms with E-state index in [0.29, 0.717) is 17.7 Å². The molecule has 2 aliphatic rings. The molecule has 1 spiro atoms. The van der Waals surface area contributed by atoms with Crippen LogP contribution in [0.4, 0.5) is 0 Å². The van der Waals surface area contributed by atoms with Crippen molar-refractivity contribution in [2.45, 2.75) is 90.0 Å². The van der Waals surface area contributed by atoms with Crippen LogP contribution in [0.2, 0.25) is 0 Å². The number of hydrogen-bond donors (Lipinski definition) is 2. The molecule has 2 saturated carbocycles. The van der Waals surface area contributed by atoms with Crippen molar-refractivity contribution < 1.29 is 4.79 Å². The van der Waals surface area contributed by atoms with Crippen LogP contribution in [0.1, 0.15) is 84.5 Å². The maximum Gasteiger partial charge on any atom is 0.136 e. The summed E-state index contributed by atoms with van der Waals surface area (Å²) in [5, 5.41) is 3.72. The minimum absolute atomic E-state index is 0.135. The Labute approximate surface area is 136 Å². The van der Waals surface area contributed by atoms with Crippen molar-refractivity contribution in [3.63, 3.8) is 0 Å². The van der Waals surface area contributed by atoms with E-state index >= 15 is 0 Å². The summed E-state index contributed by atoms with van der Waals surface area (Å²) in [6.45, 7) is 6.17. The van der Waals surface area contributed by atoms with Gasteiger partial charge < -0.3 is 11.1 Å². The third-order valence-corrected chi connectivity index (χ3v) is 6.23. The highest BCUT2D eigenvalue weighted by Crippen LogP contribution is 2.61. The number of nitrogens with one attached hydrogen (secondary N) is 1. The fourth-order valence-electron chi connectivity index (χ4n) is 4.54. The second-order valence-corrected chi connectivity index (χ2v) is 7.97. The zero-order valence-electron chi connectivity index (χ0n) is 14.8. The van der Waals surface area contributed by atoms with Gasteiger partial charge in [0.05, 0.1) is 0 Å². The molecule has 0 bridgehead atoms. The van der Waals surface area contributed by atoms with E-state index in [9.17, 15) is 4.79 Å². The lowest BCUT2D eigenvalue weighted by Crippen LogP contribution is -2.70. The Bertz CT molecular complexity index is 360. The Hall–Kier alpha value is -0.410. The van der Waals surface area contributed by atoms with E-state index < -0.39 is 0 Å². The largest absolute Gasteiger partial charge is 0.329 e. The molecule has 0 aromatic rings. The van der Waals surface area contributed by atoms with Gasteiger partial charge in [-0.3, -0.25) is 4.79 Å². The highest BCUT2D eigenvalue weighted by Gasteiger charge is 2.63. The monoisotopic (exact) mass is 308 g/mol. The summed E-state index contributed by atoms with van der Waals surface area (Å²) in [7, 11) is 0. The van der Waals surface area contributed by atoms with E-state index in [-0.39, 0.29) is 11.5 Å². The summed E-state index contributed by atoms with van der Waals surface area (Å²) in [6.07, 6.45) is 13.9. The minimum atomic E-state index is 0.135. The predicted molar refractivity (Wildman–Crippen MR) is 92.9 cm³/mol. The minimum Gasteiger partial charge on any atom is -0.329 e. The maximum absolute atomic E-state index is 11.5. The molecule has 3 nitrogen and oxygen atoms in total. The fourth-order valence-corrected chi connectivity index (χ4v) is 4.54. The second kappa shape index (κ2) is 7.92. The quantitative estimate of drug-likeness (QED) is 0.571. The van der Waals surface area contributed by atoms with E-state index in [4.69, 9.17) is 5.73 Å². The normalized spacial score (nSPS) is 33.8. The molecule has 0 aromatic heterocycles. The van der Waals surface area contributed by atoms with Crippen molar-refractivity contribution in [2.75, 3.05) is 13.1 Å². The molecule has 0 radical (unpaired) electrons. The zero-order valence-corrected chi connectivity index (χ0v) is 14.8. The topological polar surface area (TPSA) is 55.1 Å². The average molecular weight is 309 g/mol. The second-order valence-electron chi connectivity index (χ2n) is 7.97. The van der Waals surface area contributed by atoms with Gasteiger partial charge in [-0.05, 0) is 31.2 Å². The van der Waals surface area contributed by atoms with Crippen molar-refractivity contribution in [3.05, 3.63) is 0 Å².